The van der Waals surface area contributed by atoms with E-state index in [9.17, 15) is 4.79 Å². The van der Waals surface area contributed by atoms with Crippen LogP contribution in [0.15, 0.2) is 53.1 Å². The second-order valence-electron chi connectivity index (χ2n) is 7.32. The Bertz CT molecular complexity index is 942. The smallest absolute Gasteiger partial charge is 0.262 e. The highest BCUT2D eigenvalue weighted by Crippen LogP contribution is 2.30. The van der Waals surface area contributed by atoms with Crippen LogP contribution >= 0.6 is 0 Å². The van der Waals surface area contributed by atoms with E-state index in [4.69, 9.17) is 9.26 Å². The van der Waals surface area contributed by atoms with Crippen LogP contribution in [0.4, 0.5) is 0 Å². The van der Waals surface area contributed by atoms with Crippen LogP contribution in [0.2, 0.25) is 0 Å². The number of hydrogen-bond donors (Lipinski definition) is 1. The van der Waals surface area contributed by atoms with Gasteiger partial charge in [-0.1, -0.05) is 41.6 Å². The first kappa shape index (κ1) is 18.6. The summed E-state index contributed by atoms with van der Waals surface area (Å²) in [6.07, 6.45) is 0. The van der Waals surface area contributed by atoms with Crippen molar-refractivity contribution in [1.82, 2.24) is 15.5 Å². The molecule has 0 saturated heterocycles. The highest BCUT2D eigenvalue weighted by molar-refractivity contribution is 5.78. The van der Waals surface area contributed by atoms with Crippen LogP contribution < -0.4 is 10.1 Å². The lowest BCUT2D eigenvalue weighted by atomic mass is 10.1. The maximum Gasteiger partial charge on any atom is 0.262 e. The molecule has 6 heteroatoms. The number of aryl methyl sites for hydroxylation is 1. The van der Waals surface area contributed by atoms with Gasteiger partial charge in [0, 0.05) is 11.1 Å². The summed E-state index contributed by atoms with van der Waals surface area (Å²) in [6, 6.07) is 15.1. The third-order valence-electron chi connectivity index (χ3n) is 3.80. The number of aromatic nitrogens is 2. The van der Waals surface area contributed by atoms with E-state index < -0.39 is 0 Å². The average molecular weight is 365 g/mol. The minimum absolute atomic E-state index is 0.0902. The molecule has 1 heterocycles. The van der Waals surface area contributed by atoms with Crippen molar-refractivity contribution < 1.29 is 14.1 Å². The number of carbonyl (C=O) groups is 1. The van der Waals surface area contributed by atoms with Crippen LogP contribution in [0.25, 0.3) is 22.8 Å². The summed E-state index contributed by atoms with van der Waals surface area (Å²) in [4.78, 5) is 16.5. The summed E-state index contributed by atoms with van der Waals surface area (Å²) in [7, 11) is 0. The molecule has 1 amide bonds. The lowest BCUT2D eigenvalue weighted by molar-refractivity contribution is -0.124. The van der Waals surface area contributed by atoms with Crippen molar-refractivity contribution in [2.45, 2.75) is 33.2 Å². The number of carbonyl (C=O) groups excluding carboxylic acids is 1. The van der Waals surface area contributed by atoms with Crippen LogP contribution in [0.3, 0.4) is 0 Å². The van der Waals surface area contributed by atoms with Crippen molar-refractivity contribution in [3.8, 4) is 28.6 Å². The Balaban J connectivity index is 1.81. The van der Waals surface area contributed by atoms with E-state index in [1.165, 1.54) is 0 Å². The molecule has 0 aliphatic rings. The van der Waals surface area contributed by atoms with E-state index in [0.29, 0.717) is 23.0 Å². The fraction of sp³-hybridized carbons (Fsp3) is 0.286. The molecule has 6 nitrogen and oxygen atoms in total. The van der Waals surface area contributed by atoms with Gasteiger partial charge < -0.3 is 14.6 Å². The molecule has 0 unspecified atom stereocenters. The van der Waals surface area contributed by atoms with Crippen molar-refractivity contribution in [1.29, 1.82) is 0 Å². The molecule has 0 atom stereocenters. The number of hydrogen-bond acceptors (Lipinski definition) is 5. The number of nitrogens with zero attached hydrogens (tertiary/aromatic N) is 2. The van der Waals surface area contributed by atoms with E-state index in [-0.39, 0.29) is 18.1 Å². The van der Waals surface area contributed by atoms with E-state index in [0.717, 1.165) is 11.1 Å². The summed E-state index contributed by atoms with van der Waals surface area (Å²) in [5, 5.41) is 6.95. The standard InChI is InChI=1S/C21H23N3O3/c1-14-9-5-6-10-15(14)19-22-20(27-24-19)16-11-7-8-12-17(16)26-13-18(25)23-21(2,3)4/h5-12H,13H2,1-4H3,(H,23,25). The molecule has 0 saturated carbocycles. The lowest BCUT2D eigenvalue weighted by Gasteiger charge is -2.20. The zero-order valence-electron chi connectivity index (χ0n) is 15.9. The van der Waals surface area contributed by atoms with Crippen LogP contribution in [-0.2, 0) is 4.79 Å². The van der Waals surface area contributed by atoms with Gasteiger partial charge >= 0.3 is 0 Å². The summed E-state index contributed by atoms with van der Waals surface area (Å²) in [5.41, 5.74) is 2.31. The van der Waals surface area contributed by atoms with Gasteiger partial charge in [0.25, 0.3) is 11.8 Å². The number of benzene rings is 2. The number of rotatable bonds is 5. The molecule has 3 rings (SSSR count). The first-order valence-electron chi connectivity index (χ1n) is 8.76. The third-order valence-corrected chi connectivity index (χ3v) is 3.80. The van der Waals surface area contributed by atoms with Crippen LogP contribution in [0, 0.1) is 6.92 Å². The predicted molar refractivity (Wildman–Crippen MR) is 103 cm³/mol. The Kier molecular flexibility index (Phi) is 5.26. The summed E-state index contributed by atoms with van der Waals surface area (Å²) in [5.74, 6) is 1.19. The third kappa shape index (κ3) is 4.73. The van der Waals surface area contributed by atoms with Crippen molar-refractivity contribution in [3.63, 3.8) is 0 Å². The van der Waals surface area contributed by atoms with Gasteiger partial charge in [-0.2, -0.15) is 4.98 Å². The molecule has 2 aromatic carbocycles. The number of amides is 1. The van der Waals surface area contributed by atoms with Gasteiger partial charge in [0.1, 0.15) is 5.75 Å². The normalized spacial score (nSPS) is 11.3. The molecule has 0 spiro atoms. The predicted octanol–water partition coefficient (Wildman–Crippen LogP) is 4.01. The monoisotopic (exact) mass is 365 g/mol. The topological polar surface area (TPSA) is 77.2 Å². The van der Waals surface area contributed by atoms with Gasteiger partial charge in [0.15, 0.2) is 6.61 Å². The minimum Gasteiger partial charge on any atom is -0.483 e. The zero-order chi connectivity index (χ0) is 19.4. The maximum absolute atomic E-state index is 12.0. The zero-order valence-corrected chi connectivity index (χ0v) is 15.9. The number of ether oxygens (including phenoxy) is 1. The van der Waals surface area contributed by atoms with Gasteiger partial charge in [0.2, 0.25) is 5.82 Å². The first-order chi connectivity index (χ1) is 12.8. The molecule has 1 aromatic heterocycles. The molecule has 1 N–H and O–H groups in total. The Hall–Kier alpha value is -3.15. The largest absolute Gasteiger partial charge is 0.483 e. The van der Waals surface area contributed by atoms with Crippen molar-refractivity contribution in [3.05, 3.63) is 54.1 Å². The second kappa shape index (κ2) is 7.61. The molecule has 0 radical (unpaired) electrons. The Morgan fingerprint density at radius 3 is 2.44 bits per heavy atom. The summed E-state index contributed by atoms with van der Waals surface area (Å²) >= 11 is 0. The Labute approximate surface area is 158 Å². The van der Waals surface area contributed by atoms with E-state index in [2.05, 4.69) is 15.5 Å². The molecule has 0 aliphatic carbocycles. The Morgan fingerprint density at radius 2 is 1.74 bits per heavy atom. The SMILES string of the molecule is Cc1ccccc1-c1noc(-c2ccccc2OCC(=O)NC(C)(C)C)n1. The lowest BCUT2D eigenvalue weighted by Crippen LogP contribution is -2.43. The van der Waals surface area contributed by atoms with Gasteiger partial charge in [-0.05, 0) is 45.4 Å². The quantitative estimate of drug-likeness (QED) is 0.739. The molecule has 0 bridgehead atoms. The highest BCUT2D eigenvalue weighted by Gasteiger charge is 2.18. The molecule has 140 valence electrons. The fourth-order valence-corrected chi connectivity index (χ4v) is 2.63. The second-order valence-corrected chi connectivity index (χ2v) is 7.32. The number of nitrogens with one attached hydrogen (secondary N) is 1. The Morgan fingerprint density at radius 1 is 1.07 bits per heavy atom. The maximum atomic E-state index is 12.0. The van der Waals surface area contributed by atoms with Crippen LogP contribution in [-0.4, -0.2) is 28.2 Å². The van der Waals surface area contributed by atoms with Crippen molar-refractivity contribution in [2.75, 3.05) is 6.61 Å². The molecule has 3 aromatic rings. The summed E-state index contributed by atoms with van der Waals surface area (Å²) in [6.45, 7) is 7.67. The van der Waals surface area contributed by atoms with E-state index in [1.807, 2.05) is 70.2 Å². The molecule has 27 heavy (non-hydrogen) atoms. The van der Waals surface area contributed by atoms with E-state index >= 15 is 0 Å². The summed E-state index contributed by atoms with van der Waals surface area (Å²) < 4.78 is 11.1. The van der Waals surface area contributed by atoms with Crippen molar-refractivity contribution >= 4 is 5.91 Å². The van der Waals surface area contributed by atoms with Crippen LogP contribution in [0.1, 0.15) is 26.3 Å². The van der Waals surface area contributed by atoms with Gasteiger partial charge in [0.05, 0.1) is 5.56 Å². The molecule has 0 aliphatic heterocycles. The van der Waals surface area contributed by atoms with Crippen LogP contribution in [0.5, 0.6) is 5.75 Å². The minimum atomic E-state index is -0.311. The first-order valence-corrected chi connectivity index (χ1v) is 8.76. The van der Waals surface area contributed by atoms with E-state index in [1.54, 1.807) is 6.07 Å². The average Bonchev–Trinajstić information content (AvgIpc) is 3.09. The van der Waals surface area contributed by atoms with Crippen molar-refractivity contribution in [2.24, 2.45) is 0 Å². The highest BCUT2D eigenvalue weighted by atomic mass is 16.5. The van der Waals surface area contributed by atoms with Gasteiger partial charge in [-0.3, -0.25) is 4.79 Å². The molecular formula is C21H23N3O3. The fourth-order valence-electron chi connectivity index (χ4n) is 2.63. The molecule has 0 fully saturated rings. The molecular weight excluding hydrogens is 342 g/mol. The number of para-hydroxylation sites is 1. The van der Waals surface area contributed by atoms with Gasteiger partial charge in [-0.25, -0.2) is 0 Å². The van der Waals surface area contributed by atoms with Gasteiger partial charge in [-0.15, -0.1) is 0 Å².